The van der Waals surface area contributed by atoms with Crippen LogP contribution in [0.2, 0.25) is 0 Å². The van der Waals surface area contributed by atoms with Gasteiger partial charge in [-0.25, -0.2) is 0 Å². The van der Waals surface area contributed by atoms with E-state index >= 15 is 0 Å². The van der Waals surface area contributed by atoms with Crippen LogP contribution in [0.15, 0.2) is 0 Å². The van der Waals surface area contributed by atoms with Crippen LogP contribution in [0.4, 0.5) is 0 Å². The van der Waals surface area contributed by atoms with E-state index in [0.717, 1.165) is 25.9 Å². The van der Waals surface area contributed by atoms with Crippen molar-refractivity contribution >= 4 is 0 Å². The molecule has 2 fully saturated rings. The Kier molecular flexibility index (Phi) is 5.05. The van der Waals surface area contributed by atoms with Crippen LogP contribution < -0.4 is 0 Å². The predicted octanol–water partition coefficient (Wildman–Crippen LogP) is 2.90. The van der Waals surface area contributed by atoms with Gasteiger partial charge in [0.05, 0.1) is 17.8 Å². The molecule has 0 radical (unpaired) electrons. The molecule has 106 valence electrons. The summed E-state index contributed by atoms with van der Waals surface area (Å²) in [7, 11) is 1.70. The van der Waals surface area contributed by atoms with Gasteiger partial charge < -0.3 is 14.6 Å². The molecular formula is C15H28O3. The highest BCUT2D eigenvalue weighted by molar-refractivity contribution is 4.92. The van der Waals surface area contributed by atoms with Gasteiger partial charge in [-0.2, -0.15) is 0 Å². The molecule has 3 nitrogen and oxygen atoms in total. The largest absolute Gasteiger partial charge is 0.390 e. The first-order valence-corrected chi connectivity index (χ1v) is 7.55. The molecule has 0 amide bonds. The van der Waals surface area contributed by atoms with Gasteiger partial charge in [0, 0.05) is 13.7 Å². The van der Waals surface area contributed by atoms with E-state index in [0.29, 0.717) is 5.92 Å². The molecule has 0 aromatic carbocycles. The van der Waals surface area contributed by atoms with Crippen molar-refractivity contribution in [3.05, 3.63) is 0 Å². The van der Waals surface area contributed by atoms with Gasteiger partial charge >= 0.3 is 0 Å². The topological polar surface area (TPSA) is 38.7 Å². The lowest BCUT2D eigenvalue weighted by atomic mass is 9.74. The van der Waals surface area contributed by atoms with Gasteiger partial charge in [-0.15, -0.1) is 0 Å². The van der Waals surface area contributed by atoms with E-state index in [1.54, 1.807) is 7.11 Å². The monoisotopic (exact) mass is 256 g/mol. The highest BCUT2D eigenvalue weighted by Crippen LogP contribution is 2.42. The summed E-state index contributed by atoms with van der Waals surface area (Å²) in [5, 5.41) is 10.5. The van der Waals surface area contributed by atoms with Gasteiger partial charge in [0.25, 0.3) is 0 Å². The number of hydrogen-bond acceptors (Lipinski definition) is 3. The van der Waals surface area contributed by atoms with Gasteiger partial charge in [-0.05, 0) is 38.0 Å². The third kappa shape index (κ3) is 3.06. The van der Waals surface area contributed by atoms with Crippen molar-refractivity contribution < 1.29 is 14.6 Å². The Morgan fingerprint density at radius 2 is 2.06 bits per heavy atom. The zero-order valence-electron chi connectivity index (χ0n) is 11.9. The molecule has 1 saturated heterocycles. The van der Waals surface area contributed by atoms with Crippen molar-refractivity contribution in [1.29, 1.82) is 0 Å². The zero-order valence-corrected chi connectivity index (χ0v) is 11.9. The maximum atomic E-state index is 10.5. The van der Waals surface area contributed by atoms with Gasteiger partial charge in [0.15, 0.2) is 0 Å². The Morgan fingerprint density at radius 1 is 1.33 bits per heavy atom. The molecule has 18 heavy (non-hydrogen) atoms. The van der Waals surface area contributed by atoms with Crippen molar-refractivity contribution in [2.45, 2.75) is 76.1 Å². The number of aliphatic hydroxyl groups excluding tert-OH is 1. The zero-order chi connectivity index (χ0) is 13.0. The highest BCUT2D eigenvalue weighted by Gasteiger charge is 2.41. The van der Waals surface area contributed by atoms with E-state index in [-0.39, 0.29) is 17.8 Å². The van der Waals surface area contributed by atoms with Crippen molar-refractivity contribution in [3.63, 3.8) is 0 Å². The van der Waals surface area contributed by atoms with E-state index in [1.165, 1.54) is 32.1 Å². The molecule has 3 unspecified atom stereocenters. The lowest BCUT2D eigenvalue weighted by Crippen LogP contribution is -2.47. The Hall–Kier alpha value is -0.120. The van der Waals surface area contributed by atoms with Crippen LogP contribution in [0.5, 0.6) is 0 Å². The quantitative estimate of drug-likeness (QED) is 0.840. The first-order valence-electron chi connectivity index (χ1n) is 7.55. The van der Waals surface area contributed by atoms with Crippen LogP contribution in [0.1, 0.15) is 58.3 Å². The summed E-state index contributed by atoms with van der Waals surface area (Å²) < 4.78 is 11.5. The number of hydrogen-bond donors (Lipinski definition) is 1. The molecule has 0 aromatic heterocycles. The van der Waals surface area contributed by atoms with E-state index < -0.39 is 0 Å². The van der Waals surface area contributed by atoms with Crippen molar-refractivity contribution in [1.82, 2.24) is 0 Å². The number of methoxy groups -OCH3 is 1. The first kappa shape index (κ1) is 14.3. The fourth-order valence-electron chi connectivity index (χ4n) is 3.75. The van der Waals surface area contributed by atoms with Crippen LogP contribution in [0.25, 0.3) is 0 Å². The SMILES string of the molecule is CCC(OC)C(O)C1CCOC2(CCCCC2)C1. The van der Waals surface area contributed by atoms with E-state index in [4.69, 9.17) is 9.47 Å². The van der Waals surface area contributed by atoms with Crippen molar-refractivity contribution in [2.24, 2.45) is 5.92 Å². The molecule has 1 N–H and O–H groups in total. The van der Waals surface area contributed by atoms with Gasteiger partial charge in [-0.1, -0.05) is 26.2 Å². The average Bonchev–Trinajstić information content (AvgIpc) is 2.41. The third-order valence-electron chi connectivity index (χ3n) is 4.86. The summed E-state index contributed by atoms with van der Waals surface area (Å²) in [5.41, 5.74) is 0.0776. The smallest absolute Gasteiger partial charge is 0.0831 e. The Labute approximate surface area is 111 Å². The molecule has 0 aromatic rings. The first-order chi connectivity index (χ1) is 8.71. The molecule has 1 aliphatic heterocycles. The number of rotatable bonds is 4. The summed E-state index contributed by atoms with van der Waals surface area (Å²) in [4.78, 5) is 0. The van der Waals surface area contributed by atoms with Crippen LogP contribution in [0, 0.1) is 5.92 Å². The van der Waals surface area contributed by atoms with Crippen LogP contribution in [0.3, 0.4) is 0 Å². The fourth-order valence-corrected chi connectivity index (χ4v) is 3.75. The van der Waals surface area contributed by atoms with E-state index in [2.05, 4.69) is 6.92 Å². The van der Waals surface area contributed by atoms with Crippen molar-refractivity contribution in [2.75, 3.05) is 13.7 Å². The molecule has 0 bridgehead atoms. The maximum Gasteiger partial charge on any atom is 0.0831 e. The van der Waals surface area contributed by atoms with Gasteiger partial charge in [-0.3, -0.25) is 0 Å². The van der Waals surface area contributed by atoms with Crippen LogP contribution in [-0.2, 0) is 9.47 Å². The standard InChI is InChI=1S/C15H28O3/c1-3-13(17-2)14(16)12-7-10-18-15(11-12)8-5-4-6-9-15/h12-14,16H,3-11H2,1-2H3. The normalized spacial score (nSPS) is 31.2. The Balaban J connectivity index is 1.97. The molecular weight excluding hydrogens is 228 g/mol. The number of ether oxygens (including phenoxy) is 2. The van der Waals surface area contributed by atoms with Crippen LogP contribution >= 0.6 is 0 Å². The molecule has 2 aliphatic rings. The summed E-state index contributed by atoms with van der Waals surface area (Å²) >= 11 is 0. The second-order valence-corrected chi connectivity index (χ2v) is 6.02. The van der Waals surface area contributed by atoms with Crippen molar-refractivity contribution in [3.8, 4) is 0 Å². The van der Waals surface area contributed by atoms with E-state index in [9.17, 15) is 5.11 Å². The molecule has 3 heteroatoms. The fraction of sp³-hybridized carbons (Fsp3) is 1.00. The molecule has 1 saturated carbocycles. The molecule has 1 spiro atoms. The second kappa shape index (κ2) is 6.36. The van der Waals surface area contributed by atoms with Crippen LogP contribution in [-0.4, -0.2) is 36.6 Å². The Morgan fingerprint density at radius 3 is 2.67 bits per heavy atom. The summed E-state index contributed by atoms with van der Waals surface area (Å²) in [6.07, 6.45) is 8.79. The lowest BCUT2D eigenvalue weighted by Gasteiger charge is -2.45. The Bertz CT molecular complexity index is 239. The number of aliphatic hydroxyl groups is 1. The maximum absolute atomic E-state index is 10.5. The van der Waals surface area contributed by atoms with Gasteiger partial charge in [0.2, 0.25) is 0 Å². The summed E-state index contributed by atoms with van der Waals surface area (Å²) in [5.74, 6) is 0.349. The lowest BCUT2D eigenvalue weighted by molar-refractivity contribution is -0.148. The predicted molar refractivity (Wildman–Crippen MR) is 71.6 cm³/mol. The molecule has 1 aliphatic carbocycles. The third-order valence-corrected chi connectivity index (χ3v) is 4.86. The summed E-state index contributed by atoms with van der Waals surface area (Å²) in [6.45, 7) is 2.88. The molecule has 3 atom stereocenters. The van der Waals surface area contributed by atoms with E-state index in [1.807, 2.05) is 0 Å². The summed E-state index contributed by atoms with van der Waals surface area (Å²) in [6, 6.07) is 0. The minimum atomic E-state index is -0.331. The minimum Gasteiger partial charge on any atom is -0.390 e. The highest BCUT2D eigenvalue weighted by atomic mass is 16.5. The minimum absolute atomic E-state index is 0.0197. The second-order valence-electron chi connectivity index (χ2n) is 6.02. The molecule has 2 rings (SSSR count). The van der Waals surface area contributed by atoms with Gasteiger partial charge in [0.1, 0.15) is 0 Å². The molecule has 1 heterocycles. The average molecular weight is 256 g/mol.